The summed E-state index contributed by atoms with van der Waals surface area (Å²) in [5.74, 6) is 1.02. The molecule has 1 N–H and O–H groups in total. The number of carbonyl (C=O) groups excluding carboxylic acids is 1. The molecule has 0 spiro atoms. The van der Waals surface area contributed by atoms with Gasteiger partial charge in [-0.3, -0.25) is 4.79 Å². The Bertz CT molecular complexity index is 536. The second kappa shape index (κ2) is 6.00. The summed E-state index contributed by atoms with van der Waals surface area (Å²) in [5, 5.41) is 2.73. The summed E-state index contributed by atoms with van der Waals surface area (Å²) in [6.45, 7) is 3.90. The SMILES string of the molecule is CC(C)Oc1ccc(NC(=O)c2ccccc2)nc1. The number of amides is 1. The predicted octanol–water partition coefficient (Wildman–Crippen LogP) is 3.12. The number of anilines is 1. The van der Waals surface area contributed by atoms with Crippen LogP contribution in [-0.2, 0) is 0 Å². The predicted molar refractivity (Wildman–Crippen MR) is 74.4 cm³/mol. The molecule has 98 valence electrons. The lowest BCUT2D eigenvalue weighted by Gasteiger charge is -2.09. The number of nitrogens with one attached hydrogen (secondary N) is 1. The van der Waals surface area contributed by atoms with E-state index in [1.165, 1.54) is 0 Å². The van der Waals surface area contributed by atoms with Crippen molar-refractivity contribution in [2.24, 2.45) is 0 Å². The number of nitrogens with zero attached hydrogens (tertiary/aromatic N) is 1. The molecular weight excluding hydrogens is 240 g/mol. The highest BCUT2D eigenvalue weighted by Gasteiger charge is 2.06. The van der Waals surface area contributed by atoms with Crippen LogP contribution < -0.4 is 10.1 Å². The van der Waals surface area contributed by atoms with Crippen molar-refractivity contribution in [2.75, 3.05) is 5.32 Å². The van der Waals surface area contributed by atoms with Crippen LogP contribution in [0.1, 0.15) is 24.2 Å². The molecule has 4 heteroatoms. The largest absolute Gasteiger partial charge is 0.489 e. The lowest BCUT2D eigenvalue weighted by molar-refractivity contribution is 0.102. The molecule has 0 radical (unpaired) electrons. The molecule has 0 aliphatic heterocycles. The zero-order valence-corrected chi connectivity index (χ0v) is 11.0. The molecule has 4 nitrogen and oxygen atoms in total. The fraction of sp³-hybridized carbons (Fsp3) is 0.200. The van der Waals surface area contributed by atoms with Crippen molar-refractivity contribution in [1.29, 1.82) is 0 Å². The fourth-order valence-corrected chi connectivity index (χ4v) is 1.57. The minimum absolute atomic E-state index is 0.103. The van der Waals surface area contributed by atoms with E-state index in [-0.39, 0.29) is 12.0 Å². The van der Waals surface area contributed by atoms with Crippen LogP contribution in [0.2, 0.25) is 0 Å². The fourth-order valence-electron chi connectivity index (χ4n) is 1.57. The molecule has 0 bridgehead atoms. The van der Waals surface area contributed by atoms with E-state index in [0.29, 0.717) is 17.1 Å². The van der Waals surface area contributed by atoms with Gasteiger partial charge in [-0.2, -0.15) is 0 Å². The molecule has 0 saturated carbocycles. The normalized spacial score (nSPS) is 10.3. The highest BCUT2D eigenvalue weighted by Crippen LogP contribution is 2.14. The van der Waals surface area contributed by atoms with Gasteiger partial charge in [-0.05, 0) is 38.1 Å². The van der Waals surface area contributed by atoms with Crippen LogP contribution in [0, 0.1) is 0 Å². The van der Waals surface area contributed by atoms with Gasteiger partial charge < -0.3 is 10.1 Å². The van der Waals surface area contributed by atoms with Crippen LogP contribution in [0.25, 0.3) is 0 Å². The van der Waals surface area contributed by atoms with Crippen molar-refractivity contribution < 1.29 is 9.53 Å². The summed E-state index contributed by atoms with van der Waals surface area (Å²) < 4.78 is 5.48. The van der Waals surface area contributed by atoms with E-state index in [1.807, 2.05) is 32.0 Å². The molecule has 1 heterocycles. The maximum absolute atomic E-state index is 11.9. The van der Waals surface area contributed by atoms with E-state index < -0.39 is 0 Å². The van der Waals surface area contributed by atoms with Crippen LogP contribution in [0.3, 0.4) is 0 Å². The Balaban J connectivity index is 2.02. The molecule has 0 atom stereocenters. The monoisotopic (exact) mass is 256 g/mol. The highest BCUT2D eigenvalue weighted by atomic mass is 16.5. The number of hydrogen-bond donors (Lipinski definition) is 1. The minimum Gasteiger partial charge on any atom is -0.489 e. The Morgan fingerprint density at radius 1 is 1.16 bits per heavy atom. The Kier molecular flexibility index (Phi) is 4.13. The maximum atomic E-state index is 11.9. The Labute approximate surface area is 112 Å². The second-order valence-corrected chi connectivity index (χ2v) is 4.37. The second-order valence-electron chi connectivity index (χ2n) is 4.37. The molecule has 0 aliphatic carbocycles. The molecule has 2 rings (SSSR count). The Morgan fingerprint density at radius 2 is 1.89 bits per heavy atom. The smallest absolute Gasteiger partial charge is 0.256 e. The zero-order valence-electron chi connectivity index (χ0n) is 11.0. The summed E-state index contributed by atoms with van der Waals surface area (Å²) in [7, 11) is 0. The lowest BCUT2D eigenvalue weighted by atomic mass is 10.2. The van der Waals surface area contributed by atoms with E-state index in [1.54, 1.807) is 30.5 Å². The highest BCUT2D eigenvalue weighted by molar-refractivity contribution is 6.03. The van der Waals surface area contributed by atoms with Gasteiger partial charge in [0.05, 0.1) is 12.3 Å². The molecule has 1 amide bonds. The first-order valence-electron chi connectivity index (χ1n) is 6.14. The van der Waals surface area contributed by atoms with Crippen LogP contribution in [0.4, 0.5) is 5.82 Å². The van der Waals surface area contributed by atoms with Crippen molar-refractivity contribution in [3.63, 3.8) is 0 Å². The first-order valence-corrected chi connectivity index (χ1v) is 6.14. The van der Waals surface area contributed by atoms with Gasteiger partial charge in [0.1, 0.15) is 11.6 Å². The van der Waals surface area contributed by atoms with Gasteiger partial charge in [0, 0.05) is 5.56 Å². The van der Waals surface area contributed by atoms with Crippen LogP contribution in [-0.4, -0.2) is 17.0 Å². The quantitative estimate of drug-likeness (QED) is 0.914. The number of rotatable bonds is 4. The van der Waals surface area contributed by atoms with Gasteiger partial charge in [-0.25, -0.2) is 4.98 Å². The summed E-state index contributed by atoms with van der Waals surface area (Å²) in [5.41, 5.74) is 0.604. The first kappa shape index (κ1) is 13.1. The number of pyridine rings is 1. The van der Waals surface area contributed by atoms with Gasteiger partial charge in [0.15, 0.2) is 0 Å². The molecule has 19 heavy (non-hydrogen) atoms. The summed E-state index contributed by atoms with van der Waals surface area (Å²) >= 11 is 0. The van der Waals surface area contributed by atoms with Crippen LogP contribution in [0.5, 0.6) is 5.75 Å². The van der Waals surface area contributed by atoms with Gasteiger partial charge in [-0.1, -0.05) is 18.2 Å². The maximum Gasteiger partial charge on any atom is 0.256 e. The topological polar surface area (TPSA) is 51.2 Å². The average Bonchev–Trinajstić information content (AvgIpc) is 2.41. The number of ether oxygens (including phenoxy) is 1. The molecule has 2 aromatic rings. The van der Waals surface area contributed by atoms with Crippen LogP contribution in [0.15, 0.2) is 48.7 Å². The van der Waals surface area contributed by atoms with Crippen molar-refractivity contribution in [3.8, 4) is 5.75 Å². The standard InChI is InChI=1S/C15H16N2O2/c1-11(2)19-13-8-9-14(16-10-13)17-15(18)12-6-4-3-5-7-12/h3-11H,1-2H3,(H,16,17,18). The van der Waals surface area contributed by atoms with E-state index in [9.17, 15) is 4.79 Å². The van der Waals surface area contributed by atoms with E-state index in [2.05, 4.69) is 10.3 Å². The molecule has 0 saturated heterocycles. The lowest BCUT2D eigenvalue weighted by Crippen LogP contribution is -2.13. The summed E-state index contributed by atoms with van der Waals surface area (Å²) in [6, 6.07) is 12.5. The van der Waals surface area contributed by atoms with E-state index in [4.69, 9.17) is 4.74 Å². The first-order chi connectivity index (χ1) is 9.15. The third kappa shape index (κ3) is 3.81. The molecule has 1 aromatic carbocycles. The average molecular weight is 256 g/mol. The van der Waals surface area contributed by atoms with Gasteiger partial charge in [0.2, 0.25) is 0 Å². The third-order valence-electron chi connectivity index (χ3n) is 2.39. The number of benzene rings is 1. The molecule has 0 unspecified atom stereocenters. The van der Waals surface area contributed by atoms with Crippen molar-refractivity contribution >= 4 is 11.7 Å². The zero-order chi connectivity index (χ0) is 13.7. The van der Waals surface area contributed by atoms with E-state index in [0.717, 1.165) is 0 Å². The minimum atomic E-state index is -0.175. The molecule has 0 aliphatic rings. The number of hydrogen-bond acceptors (Lipinski definition) is 3. The van der Waals surface area contributed by atoms with Crippen molar-refractivity contribution in [2.45, 2.75) is 20.0 Å². The molecule has 0 fully saturated rings. The van der Waals surface area contributed by atoms with Gasteiger partial charge >= 0.3 is 0 Å². The van der Waals surface area contributed by atoms with Gasteiger partial charge in [0.25, 0.3) is 5.91 Å². The van der Waals surface area contributed by atoms with Crippen molar-refractivity contribution in [1.82, 2.24) is 4.98 Å². The summed E-state index contributed by atoms with van der Waals surface area (Å²) in [6.07, 6.45) is 1.70. The van der Waals surface area contributed by atoms with Crippen molar-refractivity contribution in [3.05, 3.63) is 54.2 Å². The summed E-state index contributed by atoms with van der Waals surface area (Å²) in [4.78, 5) is 16.0. The number of carbonyl (C=O) groups is 1. The third-order valence-corrected chi connectivity index (χ3v) is 2.39. The van der Waals surface area contributed by atoms with Gasteiger partial charge in [-0.15, -0.1) is 0 Å². The molecular formula is C15H16N2O2. The Morgan fingerprint density at radius 3 is 2.47 bits per heavy atom. The van der Waals surface area contributed by atoms with Crippen LogP contribution >= 0.6 is 0 Å². The Hall–Kier alpha value is -2.36. The van der Waals surface area contributed by atoms with E-state index >= 15 is 0 Å². The molecule has 1 aromatic heterocycles. The number of aromatic nitrogens is 1.